The number of nitrogens with one attached hydrogen (secondary N) is 1. The highest BCUT2D eigenvalue weighted by Crippen LogP contribution is 2.11. The quantitative estimate of drug-likeness (QED) is 0.738. The summed E-state index contributed by atoms with van der Waals surface area (Å²) in [6, 6.07) is 15.7. The van der Waals surface area contributed by atoms with Crippen molar-refractivity contribution in [1.82, 2.24) is 4.57 Å². The predicted molar refractivity (Wildman–Crippen MR) is 88.3 cm³/mol. The summed E-state index contributed by atoms with van der Waals surface area (Å²) in [7, 11) is 0. The molecule has 0 bridgehead atoms. The van der Waals surface area contributed by atoms with Gasteiger partial charge in [0, 0.05) is 5.69 Å². The van der Waals surface area contributed by atoms with Crippen LogP contribution in [0.5, 0.6) is 0 Å². The molecule has 0 atom stereocenters. The van der Waals surface area contributed by atoms with E-state index in [1.54, 1.807) is 6.20 Å². The summed E-state index contributed by atoms with van der Waals surface area (Å²) in [5.74, 6) is -0.0548. The van der Waals surface area contributed by atoms with E-state index in [1.165, 1.54) is 5.56 Å². The molecule has 4 nitrogen and oxygen atoms in total. The molecule has 1 heterocycles. The van der Waals surface area contributed by atoms with E-state index in [1.807, 2.05) is 70.9 Å². The number of aromatic nitrogens is 2. The van der Waals surface area contributed by atoms with Gasteiger partial charge < -0.3 is 5.32 Å². The Bertz CT molecular complexity index is 831. The van der Waals surface area contributed by atoms with Gasteiger partial charge in [-0.1, -0.05) is 36.4 Å². The maximum atomic E-state index is 12.2. The lowest BCUT2D eigenvalue weighted by Crippen LogP contribution is -2.39. The Labute approximate surface area is 129 Å². The third kappa shape index (κ3) is 2.76. The molecule has 0 spiro atoms. The Morgan fingerprint density at radius 2 is 1.95 bits per heavy atom. The molecule has 0 unspecified atom stereocenters. The second kappa shape index (κ2) is 5.85. The van der Waals surface area contributed by atoms with Crippen molar-refractivity contribution >= 4 is 28.8 Å². The van der Waals surface area contributed by atoms with Crippen LogP contribution in [-0.4, -0.2) is 10.5 Å². The van der Waals surface area contributed by atoms with E-state index >= 15 is 0 Å². The summed E-state index contributed by atoms with van der Waals surface area (Å²) >= 11 is 0. The molecule has 0 saturated heterocycles. The molecule has 22 heavy (non-hydrogen) atoms. The van der Waals surface area contributed by atoms with Crippen molar-refractivity contribution in [3.63, 3.8) is 0 Å². The molecule has 0 aliphatic carbocycles. The minimum atomic E-state index is -0.0548. The maximum absolute atomic E-state index is 12.2. The monoisotopic (exact) mass is 292 g/mol. The fourth-order valence-corrected chi connectivity index (χ4v) is 2.46. The summed E-state index contributed by atoms with van der Waals surface area (Å²) in [6.45, 7) is 6.08. The van der Waals surface area contributed by atoms with Crippen LogP contribution in [0.3, 0.4) is 0 Å². The number of fused-ring (bicyclic) bond motifs is 1. The fraction of sp³-hybridized carbons (Fsp3) is 0.111. The summed E-state index contributed by atoms with van der Waals surface area (Å²) in [5, 5.41) is 2.91. The third-order valence-corrected chi connectivity index (χ3v) is 3.58. The molecule has 0 fully saturated rings. The second-order valence-corrected chi connectivity index (χ2v) is 5.24. The van der Waals surface area contributed by atoms with Gasteiger partial charge in [0.2, 0.25) is 6.33 Å². The van der Waals surface area contributed by atoms with E-state index in [4.69, 9.17) is 0 Å². The number of rotatable bonds is 4. The lowest BCUT2D eigenvalue weighted by atomic mass is 10.2. The van der Waals surface area contributed by atoms with Crippen LogP contribution in [0, 0.1) is 6.92 Å². The van der Waals surface area contributed by atoms with E-state index in [-0.39, 0.29) is 12.5 Å². The minimum Gasteiger partial charge on any atom is -0.323 e. The molecule has 0 radical (unpaired) electrons. The average molecular weight is 292 g/mol. The Balaban J connectivity index is 1.82. The number of aryl methyl sites for hydroxylation is 1. The topological polar surface area (TPSA) is 37.9 Å². The number of para-hydroxylation sites is 2. The number of nitrogens with zero attached hydrogens (tertiary/aromatic N) is 2. The minimum absolute atomic E-state index is 0.0548. The summed E-state index contributed by atoms with van der Waals surface area (Å²) in [4.78, 5) is 12.2. The van der Waals surface area contributed by atoms with Crippen LogP contribution in [0.4, 0.5) is 5.69 Å². The first-order valence-electron chi connectivity index (χ1n) is 7.15. The molecule has 1 aromatic heterocycles. The number of anilines is 1. The van der Waals surface area contributed by atoms with E-state index in [0.717, 1.165) is 16.7 Å². The normalized spacial score (nSPS) is 10.6. The third-order valence-electron chi connectivity index (χ3n) is 3.58. The van der Waals surface area contributed by atoms with E-state index < -0.39 is 0 Å². The number of carbonyl (C=O) groups excluding carboxylic acids is 1. The van der Waals surface area contributed by atoms with Crippen LogP contribution in [0.15, 0.2) is 61.4 Å². The van der Waals surface area contributed by atoms with Crippen molar-refractivity contribution in [2.45, 2.75) is 13.5 Å². The summed E-state index contributed by atoms with van der Waals surface area (Å²) < 4.78 is 3.83. The first-order valence-corrected chi connectivity index (χ1v) is 7.15. The number of imidazole rings is 1. The lowest BCUT2D eigenvalue weighted by molar-refractivity contribution is -0.658. The fourth-order valence-electron chi connectivity index (χ4n) is 2.46. The van der Waals surface area contributed by atoms with Crippen molar-refractivity contribution in [2.24, 2.45) is 0 Å². The summed E-state index contributed by atoms with van der Waals surface area (Å²) in [6.07, 6.45) is 3.61. The smallest absolute Gasteiger partial charge is 0.266 e. The van der Waals surface area contributed by atoms with Gasteiger partial charge in [0.05, 0.1) is 6.20 Å². The van der Waals surface area contributed by atoms with Crippen LogP contribution >= 0.6 is 0 Å². The van der Waals surface area contributed by atoms with Crippen LogP contribution in [0.2, 0.25) is 0 Å². The van der Waals surface area contributed by atoms with Crippen molar-refractivity contribution < 1.29 is 9.36 Å². The van der Waals surface area contributed by atoms with Crippen LogP contribution < -0.4 is 9.88 Å². The number of amides is 1. The van der Waals surface area contributed by atoms with Crippen LogP contribution in [0.25, 0.3) is 17.2 Å². The standard InChI is InChI=1S/C18H17N3O/c1-3-20-13-21(17-7-5-4-6-16(17)20)12-18(22)19-15-10-8-14(2)9-11-15/h3-11,13H,1,12H2,2H3/p+1. The van der Waals surface area contributed by atoms with E-state index in [2.05, 4.69) is 11.9 Å². The van der Waals surface area contributed by atoms with Crippen LogP contribution in [-0.2, 0) is 11.3 Å². The number of carbonyl (C=O) groups is 1. The molecule has 3 rings (SSSR count). The molecule has 2 aromatic carbocycles. The number of hydrogen-bond donors (Lipinski definition) is 1. The predicted octanol–water partition coefficient (Wildman–Crippen LogP) is 2.98. The van der Waals surface area contributed by atoms with Crippen molar-refractivity contribution in [3.05, 3.63) is 67.0 Å². The Hall–Kier alpha value is -2.88. The van der Waals surface area contributed by atoms with E-state index in [0.29, 0.717) is 0 Å². The zero-order chi connectivity index (χ0) is 15.5. The molecule has 1 N–H and O–H groups in total. The van der Waals surface area contributed by atoms with Gasteiger partial charge in [-0.3, -0.25) is 4.79 Å². The number of hydrogen-bond acceptors (Lipinski definition) is 1. The Kier molecular flexibility index (Phi) is 3.74. The highest BCUT2D eigenvalue weighted by molar-refractivity contribution is 5.90. The van der Waals surface area contributed by atoms with Gasteiger partial charge in [0.1, 0.15) is 0 Å². The van der Waals surface area contributed by atoms with Gasteiger partial charge in [-0.15, -0.1) is 0 Å². The van der Waals surface area contributed by atoms with E-state index in [9.17, 15) is 4.79 Å². The first kappa shape index (κ1) is 14.1. The molecule has 4 heteroatoms. The highest BCUT2D eigenvalue weighted by Gasteiger charge is 2.16. The first-order chi connectivity index (χ1) is 10.7. The Morgan fingerprint density at radius 1 is 1.23 bits per heavy atom. The van der Waals surface area contributed by atoms with Gasteiger partial charge in [-0.2, -0.15) is 0 Å². The van der Waals surface area contributed by atoms with Gasteiger partial charge >= 0.3 is 0 Å². The van der Waals surface area contributed by atoms with Crippen LogP contribution in [0.1, 0.15) is 5.56 Å². The SMILES string of the molecule is C=Cn1c[n+](CC(=O)Nc2ccc(C)cc2)c2ccccc21. The van der Waals surface area contributed by atoms with Crippen molar-refractivity contribution in [2.75, 3.05) is 5.32 Å². The molecular weight excluding hydrogens is 274 g/mol. The largest absolute Gasteiger partial charge is 0.323 e. The molecule has 110 valence electrons. The lowest BCUT2D eigenvalue weighted by Gasteiger charge is -2.04. The molecular formula is C18H18N3O+. The molecule has 0 aliphatic rings. The highest BCUT2D eigenvalue weighted by atomic mass is 16.1. The maximum Gasteiger partial charge on any atom is 0.266 e. The summed E-state index contributed by atoms with van der Waals surface area (Å²) in [5.41, 5.74) is 4.01. The Morgan fingerprint density at radius 3 is 2.68 bits per heavy atom. The second-order valence-electron chi connectivity index (χ2n) is 5.24. The molecule has 3 aromatic rings. The van der Waals surface area contributed by atoms with Crippen molar-refractivity contribution in [1.29, 1.82) is 0 Å². The zero-order valence-corrected chi connectivity index (χ0v) is 12.5. The number of benzene rings is 2. The zero-order valence-electron chi connectivity index (χ0n) is 12.5. The molecule has 1 amide bonds. The molecule has 0 saturated carbocycles. The van der Waals surface area contributed by atoms with Gasteiger partial charge in [-0.25, -0.2) is 9.13 Å². The van der Waals surface area contributed by atoms with Gasteiger partial charge in [-0.05, 0) is 31.2 Å². The van der Waals surface area contributed by atoms with Gasteiger partial charge in [0.15, 0.2) is 17.6 Å². The van der Waals surface area contributed by atoms with Crippen molar-refractivity contribution in [3.8, 4) is 0 Å². The van der Waals surface area contributed by atoms with Gasteiger partial charge in [0.25, 0.3) is 5.91 Å². The molecule has 0 aliphatic heterocycles. The average Bonchev–Trinajstić information content (AvgIpc) is 2.88.